The number of para-hydroxylation sites is 1. The third kappa shape index (κ3) is 2.44. The zero-order chi connectivity index (χ0) is 11.5. The zero-order valence-corrected chi connectivity index (χ0v) is 10.1. The van der Waals surface area contributed by atoms with Crippen LogP contribution in [-0.4, -0.2) is 17.2 Å². The van der Waals surface area contributed by atoms with E-state index in [0.717, 1.165) is 40.0 Å². The number of aliphatic carboxylic acids is 1. The van der Waals surface area contributed by atoms with Gasteiger partial charge in [0.15, 0.2) is 0 Å². The minimum Gasteiger partial charge on any atom is -0.488 e. The molecule has 0 bridgehead atoms. The Labute approximate surface area is 102 Å². The molecule has 1 aliphatic heterocycles. The highest BCUT2D eigenvalue weighted by molar-refractivity contribution is 8.21. The summed E-state index contributed by atoms with van der Waals surface area (Å²) in [5, 5.41) is 8.73. The summed E-state index contributed by atoms with van der Waals surface area (Å²) in [6, 6.07) is 5.80. The first kappa shape index (κ1) is 11.6. The second kappa shape index (κ2) is 4.97. The van der Waals surface area contributed by atoms with Gasteiger partial charge in [-0.25, -0.2) is 0 Å². The Kier molecular flexibility index (Phi) is 3.61. The average molecular weight is 259 g/mol. The number of rotatable bonds is 3. The van der Waals surface area contributed by atoms with E-state index in [1.54, 1.807) is 0 Å². The van der Waals surface area contributed by atoms with Crippen molar-refractivity contribution < 1.29 is 14.6 Å². The molecule has 1 atom stereocenters. The summed E-state index contributed by atoms with van der Waals surface area (Å²) in [5.74, 6) is -0.0792. The minimum absolute atomic E-state index is 0.0424. The van der Waals surface area contributed by atoms with E-state index >= 15 is 0 Å². The Morgan fingerprint density at radius 3 is 3.12 bits per heavy atom. The van der Waals surface area contributed by atoms with E-state index in [-0.39, 0.29) is 12.5 Å². The normalized spacial score (nSPS) is 18.7. The molecule has 1 aromatic carbocycles. The van der Waals surface area contributed by atoms with E-state index in [0.29, 0.717) is 0 Å². The maximum atomic E-state index is 10.6. The average Bonchev–Trinajstić information content (AvgIpc) is 2.27. The number of hydrogen-bond acceptors (Lipinski definition) is 3. The van der Waals surface area contributed by atoms with Crippen molar-refractivity contribution in [2.75, 3.05) is 0 Å². The van der Waals surface area contributed by atoms with Crippen LogP contribution in [-0.2, 0) is 11.2 Å². The quantitative estimate of drug-likeness (QED) is 0.905. The second-order valence-electron chi connectivity index (χ2n) is 3.70. The van der Waals surface area contributed by atoms with Crippen LogP contribution < -0.4 is 4.74 Å². The summed E-state index contributed by atoms with van der Waals surface area (Å²) >= 11 is 0. The number of carbonyl (C=O) groups is 1. The van der Waals surface area contributed by atoms with Crippen LogP contribution in [0, 0.1) is 0 Å². The Morgan fingerprint density at radius 2 is 2.44 bits per heavy atom. The number of aryl methyl sites for hydroxylation is 1. The highest BCUT2D eigenvalue weighted by Gasteiger charge is 2.23. The summed E-state index contributed by atoms with van der Waals surface area (Å²) in [4.78, 5) is 11.5. The van der Waals surface area contributed by atoms with Gasteiger partial charge < -0.3 is 9.84 Å². The van der Waals surface area contributed by atoms with Gasteiger partial charge in [-0.1, -0.05) is 12.1 Å². The van der Waals surface area contributed by atoms with Gasteiger partial charge in [-0.2, -0.15) is 0 Å². The van der Waals surface area contributed by atoms with Crippen molar-refractivity contribution in [3.05, 3.63) is 23.8 Å². The van der Waals surface area contributed by atoms with Gasteiger partial charge in [0.1, 0.15) is 11.9 Å². The Morgan fingerprint density at radius 1 is 1.62 bits per heavy atom. The van der Waals surface area contributed by atoms with E-state index in [1.165, 1.54) is 0 Å². The second-order valence-corrected chi connectivity index (χ2v) is 4.75. The Balaban J connectivity index is 2.21. The third-order valence-electron chi connectivity index (χ3n) is 2.57. The van der Waals surface area contributed by atoms with Crippen LogP contribution in [0.2, 0.25) is 0 Å². The lowest BCUT2D eigenvalue weighted by atomic mass is 10.0. The molecule has 1 heterocycles. The van der Waals surface area contributed by atoms with Crippen LogP contribution >= 0.6 is 21.7 Å². The van der Waals surface area contributed by atoms with Gasteiger partial charge in [0.2, 0.25) is 0 Å². The van der Waals surface area contributed by atoms with Gasteiger partial charge in [-0.05, 0) is 46.1 Å². The minimum atomic E-state index is -0.829. The number of carboxylic acid groups (broad SMARTS) is 1. The van der Waals surface area contributed by atoms with Crippen molar-refractivity contribution in [1.82, 2.24) is 0 Å². The number of halogens is 1. The monoisotopic (exact) mass is 258 g/mol. The molecule has 0 fully saturated rings. The standard InChI is InChI=1S/C11H11ClO3S/c12-16-9-3-1-2-7-4-5-8(6-10(13)14)15-11(7)9/h1-3,8H,4-6H2,(H,13,14). The first-order chi connectivity index (χ1) is 7.70. The molecular formula is C11H11ClO3S. The van der Waals surface area contributed by atoms with Gasteiger partial charge in [-0.3, -0.25) is 4.79 Å². The molecule has 86 valence electrons. The summed E-state index contributed by atoms with van der Waals surface area (Å²) < 4.78 is 5.68. The third-order valence-corrected chi connectivity index (χ3v) is 3.55. The number of fused-ring (bicyclic) bond motifs is 1. The largest absolute Gasteiger partial charge is 0.488 e. The molecule has 1 aliphatic rings. The molecule has 2 rings (SSSR count). The number of carboxylic acids is 1. The van der Waals surface area contributed by atoms with E-state index < -0.39 is 5.97 Å². The van der Waals surface area contributed by atoms with Crippen LogP contribution in [0.1, 0.15) is 18.4 Å². The Bertz CT molecular complexity index is 394. The lowest BCUT2D eigenvalue weighted by Gasteiger charge is -2.26. The van der Waals surface area contributed by atoms with Gasteiger partial charge in [0.05, 0.1) is 11.3 Å². The predicted octanol–water partition coefficient (Wildman–Crippen LogP) is 3.10. The van der Waals surface area contributed by atoms with Gasteiger partial charge in [0, 0.05) is 0 Å². The fraction of sp³-hybridized carbons (Fsp3) is 0.364. The Hall–Kier alpha value is -0.870. The van der Waals surface area contributed by atoms with Crippen molar-refractivity contribution in [3.8, 4) is 5.75 Å². The number of hydrogen-bond donors (Lipinski definition) is 1. The summed E-state index contributed by atoms with van der Waals surface area (Å²) in [6.45, 7) is 0. The molecule has 0 aliphatic carbocycles. The molecule has 0 radical (unpaired) electrons. The molecule has 1 aromatic rings. The van der Waals surface area contributed by atoms with Crippen LogP contribution in [0.25, 0.3) is 0 Å². The molecular weight excluding hydrogens is 248 g/mol. The molecule has 0 saturated carbocycles. The summed E-state index contributed by atoms with van der Waals surface area (Å²) in [5.41, 5.74) is 1.10. The highest BCUT2D eigenvalue weighted by Crippen LogP contribution is 2.39. The number of ether oxygens (including phenoxy) is 1. The van der Waals surface area contributed by atoms with Crippen molar-refractivity contribution in [1.29, 1.82) is 0 Å². The van der Waals surface area contributed by atoms with Crippen molar-refractivity contribution in [2.45, 2.75) is 30.3 Å². The maximum absolute atomic E-state index is 10.6. The van der Waals surface area contributed by atoms with Crippen LogP contribution in [0.15, 0.2) is 23.1 Å². The van der Waals surface area contributed by atoms with Crippen LogP contribution in [0.3, 0.4) is 0 Å². The van der Waals surface area contributed by atoms with Crippen LogP contribution in [0.4, 0.5) is 0 Å². The molecule has 5 heteroatoms. The van der Waals surface area contributed by atoms with E-state index in [9.17, 15) is 4.79 Å². The van der Waals surface area contributed by atoms with Crippen LogP contribution in [0.5, 0.6) is 5.75 Å². The molecule has 1 N–H and O–H groups in total. The molecule has 1 unspecified atom stereocenters. The van der Waals surface area contributed by atoms with Crippen molar-refractivity contribution >= 4 is 27.6 Å². The van der Waals surface area contributed by atoms with Gasteiger partial charge >= 0.3 is 5.97 Å². The van der Waals surface area contributed by atoms with E-state index in [4.69, 9.17) is 20.5 Å². The first-order valence-corrected chi connectivity index (χ1v) is 6.64. The lowest BCUT2D eigenvalue weighted by molar-refractivity contribution is -0.139. The molecule has 0 spiro atoms. The van der Waals surface area contributed by atoms with Crippen molar-refractivity contribution in [3.63, 3.8) is 0 Å². The smallest absolute Gasteiger partial charge is 0.307 e. The first-order valence-electron chi connectivity index (χ1n) is 4.99. The molecule has 0 saturated heterocycles. The molecule has 0 amide bonds. The lowest BCUT2D eigenvalue weighted by Crippen LogP contribution is -2.25. The topological polar surface area (TPSA) is 46.5 Å². The van der Waals surface area contributed by atoms with E-state index in [1.807, 2.05) is 18.2 Å². The zero-order valence-electron chi connectivity index (χ0n) is 8.48. The molecule has 0 aromatic heterocycles. The fourth-order valence-electron chi connectivity index (χ4n) is 1.83. The number of benzene rings is 1. The highest BCUT2D eigenvalue weighted by atomic mass is 35.7. The molecule has 16 heavy (non-hydrogen) atoms. The van der Waals surface area contributed by atoms with Crippen molar-refractivity contribution in [2.24, 2.45) is 0 Å². The summed E-state index contributed by atoms with van der Waals surface area (Å²) in [6.07, 6.45) is 1.39. The van der Waals surface area contributed by atoms with Gasteiger partial charge in [-0.15, -0.1) is 0 Å². The van der Waals surface area contributed by atoms with Gasteiger partial charge in [0.25, 0.3) is 0 Å². The SMILES string of the molecule is O=C(O)CC1CCc2cccc(SCl)c2O1. The maximum Gasteiger partial charge on any atom is 0.307 e. The predicted molar refractivity (Wildman–Crippen MR) is 63.1 cm³/mol. The fourth-order valence-corrected chi connectivity index (χ4v) is 2.58. The van der Waals surface area contributed by atoms with E-state index in [2.05, 4.69) is 0 Å². The molecule has 3 nitrogen and oxygen atoms in total. The summed E-state index contributed by atoms with van der Waals surface area (Å²) in [7, 11) is 6.84.